The molecule has 2 heterocycles. The lowest BCUT2D eigenvalue weighted by atomic mass is 9.90. The first kappa shape index (κ1) is 20.1. The molecule has 148 valence electrons. The van der Waals surface area contributed by atoms with Crippen molar-refractivity contribution in [1.82, 2.24) is 14.5 Å². The number of aryl methyl sites for hydroxylation is 1. The molecule has 1 aliphatic heterocycles. The molecule has 0 spiro atoms. The molecule has 2 aromatic rings. The van der Waals surface area contributed by atoms with Crippen LogP contribution in [0.15, 0.2) is 36.7 Å². The zero-order valence-corrected chi connectivity index (χ0v) is 16.7. The summed E-state index contributed by atoms with van der Waals surface area (Å²) in [6.45, 7) is 7.30. The molecule has 1 N–H and O–H groups in total. The molecule has 0 bridgehead atoms. The zero-order valence-electron chi connectivity index (χ0n) is 16.7. The monoisotopic (exact) mass is 371 g/mol. The Morgan fingerprint density at radius 2 is 1.93 bits per heavy atom. The summed E-state index contributed by atoms with van der Waals surface area (Å²) >= 11 is 0. The quantitative estimate of drug-likeness (QED) is 0.734. The predicted molar refractivity (Wildman–Crippen MR) is 109 cm³/mol. The Hall–Kier alpha value is -1.69. The minimum Gasteiger partial charge on any atom is -0.396 e. The largest absolute Gasteiger partial charge is 0.396 e. The third-order valence-electron chi connectivity index (χ3n) is 5.69. The average molecular weight is 372 g/mol. The van der Waals surface area contributed by atoms with E-state index in [4.69, 9.17) is 9.72 Å². The number of rotatable bonds is 9. The molecular weight excluding hydrogens is 338 g/mol. The molecule has 0 saturated carbocycles. The number of benzene rings is 1. The fraction of sp³-hybridized carbons (Fsp3) is 0.591. The van der Waals surface area contributed by atoms with Gasteiger partial charge in [-0.25, -0.2) is 4.98 Å². The van der Waals surface area contributed by atoms with E-state index in [1.54, 1.807) is 7.11 Å². The summed E-state index contributed by atoms with van der Waals surface area (Å²) in [7, 11) is 1.77. The van der Waals surface area contributed by atoms with Crippen molar-refractivity contribution in [3.8, 4) is 11.3 Å². The highest BCUT2D eigenvalue weighted by Gasteiger charge is 2.26. The van der Waals surface area contributed by atoms with Crippen LogP contribution in [0.5, 0.6) is 0 Å². The van der Waals surface area contributed by atoms with Gasteiger partial charge in [0.1, 0.15) is 0 Å². The molecule has 0 amide bonds. The molecule has 1 aliphatic rings. The van der Waals surface area contributed by atoms with Crippen molar-refractivity contribution in [1.29, 1.82) is 0 Å². The molecule has 1 aromatic heterocycles. The third-order valence-corrected chi connectivity index (χ3v) is 5.69. The summed E-state index contributed by atoms with van der Waals surface area (Å²) in [5.41, 5.74) is 3.70. The second-order valence-corrected chi connectivity index (χ2v) is 7.72. The van der Waals surface area contributed by atoms with Crippen LogP contribution < -0.4 is 0 Å². The Morgan fingerprint density at radius 3 is 2.59 bits per heavy atom. The lowest BCUT2D eigenvalue weighted by Gasteiger charge is -2.32. The molecule has 5 heteroatoms. The van der Waals surface area contributed by atoms with Crippen molar-refractivity contribution in [2.75, 3.05) is 40.0 Å². The third kappa shape index (κ3) is 5.18. The van der Waals surface area contributed by atoms with Crippen LogP contribution in [-0.4, -0.2) is 59.5 Å². The van der Waals surface area contributed by atoms with Gasteiger partial charge in [0.25, 0.3) is 0 Å². The molecule has 0 radical (unpaired) electrons. The van der Waals surface area contributed by atoms with Crippen molar-refractivity contribution >= 4 is 0 Å². The molecule has 5 nitrogen and oxygen atoms in total. The van der Waals surface area contributed by atoms with Gasteiger partial charge >= 0.3 is 0 Å². The second kappa shape index (κ2) is 10.0. The van der Waals surface area contributed by atoms with Crippen LogP contribution in [0.3, 0.4) is 0 Å². The average Bonchev–Trinajstić information content (AvgIpc) is 3.15. The zero-order chi connectivity index (χ0) is 19.1. The maximum Gasteiger partial charge on any atom is 0.0956 e. The lowest BCUT2D eigenvalue weighted by molar-refractivity contribution is 0.129. The van der Waals surface area contributed by atoms with Gasteiger partial charge in [-0.05, 0) is 38.3 Å². The van der Waals surface area contributed by atoms with Crippen LogP contribution >= 0.6 is 0 Å². The number of aromatic nitrogens is 2. The van der Waals surface area contributed by atoms with Crippen molar-refractivity contribution in [2.45, 2.75) is 38.6 Å². The first-order valence-corrected chi connectivity index (χ1v) is 10.2. The Kier molecular flexibility index (Phi) is 7.44. The highest BCUT2D eigenvalue weighted by Crippen LogP contribution is 2.35. The van der Waals surface area contributed by atoms with Gasteiger partial charge in [0, 0.05) is 44.0 Å². The smallest absolute Gasteiger partial charge is 0.0956 e. The van der Waals surface area contributed by atoms with Crippen LogP contribution in [0.1, 0.15) is 37.8 Å². The number of aliphatic hydroxyl groups excluding tert-OH is 1. The van der Waals surface area contributed by atoms with Gasteiger partial charge in [-0.2, -0.15) is 0 Å². The van der Waals surface area contributed by atoms with Crippen LogP contribution in [0.25, 0.3) is 11.3 Å². The van der Waals surface area contributed by atoms with E-state index in [0.717, 1.165) is 57.7 Å². The number of aliphatic hydroxyl groups is 1. The van der Waals surface area contributed by atoms with Crippen molar-refractivity contribution in [2.24, 2.45) is 5.92 Å². The maximum atomic E-state index is 9.37. The van der Waals surface area contributed by atoms with Crippen LogP contribution in [0.2, 0.25) is 0 Å². The van der Waals surface area contributed by atoms with Crippen LogP contribution in [-0.2, 0) is 11.3 Å². The van der Waals surface area contributed by atoms with E-state index in [-0.39, 0.29) is 6.61 Å². The van der Waals surface area contributed by atoms with Gasteiger partial charge < -0.3 is 19.3 Å². The van der Waals surface area contributed by atoms with Crippen LogP contribution in [0, 0.1) is 5.92 Å². The molecule has 1 atom stereocenters. The number of piperidine rings is 1. The van der Waals surface area contributed by atoms with E-state index in [9.17, 15) is 5.11 Å². The summed E-state index contributed by atoms with van der Waals surface area (Å²) in [4.78, 5) is 7.30. The minimum absolute atomic E-state index is 0.244. The fourth-order valence-corrected chi connectivity index (χ4v) is 3.92. The number of imidazole rings is 1. The van der Waals surface area contributed by atoms with Gasteiger partial charge in [-0.1, -0.05) is 37.3 Å². The van der Waals surface area contributed by atoms with Crippen molar-refractivity contribution < 1.29 is 9.84 Å². The molecular formula is C22H33N3O2. The molecule has 0 aliphatic carbocycles. The molecule has 27 heavy (non-hydrogen) atoms. The highest BCUT2D eigenvalue weighted by molar-refractivity contribution is 5.62. The Bertz CT molecular complexity index is 678. The Morgan fingerprint density at radius 1 is 1.19 bits per heavy atom. The molecule has 3 rings (SSSR count). The highest BCUT2D eigenvalue weighted by atomic mass is 16.5. The first-order valence-electron chi connectivity index (χ1n) is 10.2. The summed E-state index contributed by atoms with van der Waals surface area (Å²) in [6.07, 6.45) is 5.29. The van der Waals surface area contributed by atoms with Gasteiger partial charge in [0.2, 0.25) is 0 Å². The van der Waals surface area contributed by atoms with Gasteiger partial charge in [-0.3, -0.25) is 0 Å². The van der Waals surface area contributed by atoms with E-state index in [1.807, 2.05) is 6.33 Å². The van der Waals surface area contributed by atoms with Crippen LogP contribution in [0.4, 0.5) is 0 Å². The number of hydrogen-bond donors (Lipinski definition) is 1. The number of hydrogen-bond acceptors (Lipinski definition) is 4. The van der Waals surface area contributed by atoms with E-state index < -0.39 is 0 Å². The van der Waals surface area contributed by atoms with Gasteiger partial charge in [0.15, 0.2) is 0 Å². The fourth-order valence-electron chi connectivity index (χ4n) is 3.92. The standard InChI is InChI=1S/C22H33N3O2/c1-18(16-26)8-13-25-17-23-21(19-6-4-3-5-7-19)22(25)20-9-11-24(12-10-20)14-15-27-2/h3-7,17-18,20,26H,8-16H2,1-2H3/t18-/m1/s1. The number of methoxy groups -OCH3 is 1. The van der Waals surface area contributed by atoms with E-state index in [0.29, 0.717) is 11.8 Å². The Labute approximate surface area is 163 Å². The lowest BCUT2D eigenvalue weighted by Crippen LogP contribution is -2.35. The number of likely N-dealkylation sites (tertiary alicyclic amines) is 1. The molecule has 0 unspecified atom stereocenters. The predicted octanol–water partition coefficient (Wildman–Crippen LogP) is 3.39. The Balaban J connectivity index is 1.79. The van der Waals surface area contributed by atoms with Crippen molar-refractivity contribution in [3.05, 3.63) is 42.4 Å². The normalized spacial score (nSPS) is 17.3. The van der Waals surface area contributed by atoms with Gasteiger partial charge in [-0.15, -0.1) is 0 Å². The molecule has 1 saturated heterocycles. The number of ether oxygens (including phenoxy) is 1. The summed E-state index contributed by atoms with van der Waals surface area (Å²) in [5.74, 6) is 0.849. The van der Waals surface area contributed by atoms with E-state index in [1.165, 1.54) is 11.3 Å². The maximum absolute atomic E-state index is 9.37. The summed E-state index contributed by atoms with van der Waals surface area (Å²) in [5, 5.41) is 9.37. The topological polar surface area (TPSA) is 50.5 Å². The summed E-state index contributed by atoms with van der Waals surface area (Å²) in [6, 6.07) is 10.5. The van der Waals surface area contributed by atoms with E-state index >= 15 is 0 Å². The molecule has 1 aromatic carbocycles. The SMILES string of the molecule is COCCN1CCC(c2c(-c3ccccc3)ncn2CC[C@@H](C)CO)CC1. The van der Waals surface area contributed by atoms with Gasteiger partial charge in [0.05, 0.1) is 18.6 Å². The van der Waals surface area contributed by atoms with Crippen molar-refractivity contribution in [3.63, 3.8) is 0 Å². The second-order valence-electron chi connectivity index (χ2n) is 7.72. The molecule has 1 fully saturated rings. The first-order chi connectivity index (χ1) is 13.2. The minimum atomic E-state index is 0.244. The van der Waals surface area contributed by atoms with E-state index in [2.05, 4.69) is 46.7 Å². The number of nitrogens with zero attached hydrogens (tertiary/aromatic N) is 3. The summed E-state index contributed by atoms with van der Waals surface area (Å²) < 4.78 is 7.57.